The summed E-state index contributed by atoms with van der Waals surface area (Å²) in [6, 6.07) is 25.1. The van der Waals surface area contributed by atoms with Crippen molar-refractivity contribution in [1.82, 2.24) is 10.6 Å². The number of hydrogen-bond acceptors (Lipinski definition) is 2. The van der Waals surface area contributed by atoms with Crippen LogP contribution in [0.5, 0.6) is 0 Å². The molecule has 3 rings (SSSR count). The molecule has 0 aliphatic heterocycles. The smallest absolute Gasteiger partial charge is 0.251 e. The number of hydrogen-bond donors (Lipinski definition) is 2. The summed E-state index contributed by atoms with van der Waals surface area (Å²) in [5, 5.41) is 5.60. The molecule has 0 aliphatic carbocycles. The van der Waals surface area contributed by atoms with E-state index in [1.54, 1.807) is 12.1 Å². The predicted octanol–water partition coefficient (Wildman–Crippen LogP) is 4.27. The molecule has 0 aliphatic rings. The summed E-state index contributed by atoms with van der Waals surface area (Å²) >= 11 is 0. The summed E-state index contributed by atoms with van der Waals surface area (Å²) < 4.78 is 0. The van der Waals surface area contributed by atoms with Gasteiger partial charge in [-0.3, -0.25) is 9.59 Å². The molecule has 0 saturated carbocycles. The zero-order valence-electron chi connectivity index (χ0n) is 16.1. The lowest BCUT2D eigenvalue weighted by molar-refractivity contribution is -0.120. The average Bonchev–Trinajstić information content (AvgIpc) is 2.73. The second-order valence-electron chi connectivity index (χ2n) is 6.77. The Kier molecular flexibility index (Phi) is 6.22. The minimum atomic E-state index is -0.265. The molecule has 2 N–H and O–H groups in total. The van der Waals surface area contributed by atoms with Crippen LogP contribution >= 0.6 is 0 Å². The Balaban J connectivity index is 1.53. The third-order valence-corrected chi connectivity index (χ3v) is 4.70. The molecule has 28 heavy (non-hydrogen) atoms. The van der Waals surface area contributed by atoms with Crippen molar-refractivity contribution in [2.45, 2.75) is 19.9 Å². The Morgan fingerprint density at radius 2 is 1.43 bits per heavy atom. The van der Waals surface area contributed by atoms with Gasteiger partial charge < -0.3 is 10.6 Å². The van der Waals surface area contributed by atoms with Gasteiger partial charge in [0.15, 0.2) is 0 Å². The summed E-state index contributed by atoms with van der Waals surface area (Å²) in [5.41, 5.74) is 4.86. The molecule has 0 heterocycles. The Bertz CT molecular complexity index is 950. The van der Waals surface area contributed by atoms with Crippen LogP contribution in [0.2, 0.25) is 0 Å². The van der Waals surface area contributed by atoms with Gasteiger partial charge in [0.05, 0.1) is 12.6 Å². The minimum absolute atomic E-state index is 0.0600. The van der Waals surface area contributed by atoms with E-state index < -0.39 is 0 Å². The van der Waals surface area contributed by atoms with Crippen LogP contribution in [0.1, 0.15) is 34.5 Å². The lowest BCUT2D eigenvalue weighted by Gasteiger charge is -2.16. The molecule has 0 saturated heterocycles. The van der Waals surface area contributed by atoms with Crippen molar-refractivity contribution in [3.8, 4) is 11.1 Å². The van der Waals surface area contributed by atoms with Crippen molar-refractivity contribution < 1.29 is 9.59 Å². The summed E-state index contributed by atoms with van der Waals surface area (Å²) in [6.45, 7) is 3.89. The average molecular weight is 372 g/mol. The van der Waals surface area contributed by atoms with Gasteiger partial charge in [-0.05, 0) is 48.2 Å². The van der Waals surface area contributed by atoms with Crippen molar-refractivity contribution >= 4 is 11.8 Å². The molecule has 0 aromatic heterocycles. The lowest BCUT2D eigenvalue weighted by Crippen LogP contribution is -2.38. The van der Waals surface area contributed by atoms with Gasteiger partial charge in [0.25, 0.3) is 5.91 Å². The van der Waals surface area contributed by atoms with Crippen LogP contribution in [0.25, 0.3) is 11.1 Å². The fourth-order valence-electron chi connectivity index (χ4n) is 3.15. The molecule has 1 unspecified atom stereocenters. The lowest BCUT2D eigenvalue weighted by atomic mass is 10.0. The first-order valence-electron chi connectivity index (χ1n) is 9.33. The largest absolute Gasteiger partial charge is 0.348 e. The third kappa shape index (κ3) is 4.86. The Labute approximate surface area is 165 Å². The zero-order valence-corrected chi connectivity index (χ0v) is 16.1. The molecule has 1 atom stereocenters. The van der Waals surface area contributed by atoms with Crippen molar-refractivity contribution in [1.29, 1.82) is 0 Å². The number of carbonyl (C=O) groups excluding carboxylic acids is 2. The van der Waals surface area contributed by atoms with Gasteiger partial charge in [-0.1, -0.05) is 66.7 Å². The summed E-state index contributed by atoms with van der Waals surface area (Å²) in [7, 11) is 0. The van der Waals surface area contributed by atoms with Crippen molar-refractivity contribution in [3.63, 3.8) is 0 Å². The topological polar surface area (TPSA) is 58.2 Å². The highest BCUT2D eigenvalue weighted by Crippen LogP contribution is 2.19. The molecule has 142 valence electrons. The van der Waals surface area contributed by atoms with Gasteiger partial charge in [0.2, 0.25) is 5.91 Å². The maximum Gasteiger partial charge on any atom is 0.251 e. The fourth-order valence-corrected chi connectivity index (χ4v) is 3.15. The van der Waals surface area contributed by atoms with Crippen LogP contribution in [0, 0.1) is 6.92 Å². The molecule has 0 radical (unpaired) electrons. The first-order valence-corrected chi connectivity index (χ1v) is 9.33. The maximum atomic E-state index is 12.3. The van der Waals surface area contributed by atoms with Crippen molar-refractivity contribution in [3.05, 3.63) is 95.6 Å². The maximum absolute atomic E-state index is 12.3. The van der Waals surface area contributed by atoms with Gasteiger partial charge >= 0.3 is 0 Å². The first-order chi connectivity index (χ1) is 13.5. The van der Waals surface area contributed by atoms with E-state index in [9.17, 15) is 9.59 Å². The second kappa shape index (κ2) is 9.00. The molecule has 0 fully saturated rings. The van der Waals surface area contributed by atoms with E-state index in [0.29, 0.717) is 5.56 Å². The molecular formula is C24H24N2O2. The number of carbonyl (C=O) groups is 2. The number of rotatable bonds is 6. The highest BCUT2D eigenvalue weighted by atomic mass is 16.2. The monoisotopic (exact) mass is 372 g/mol. The highest BCUT2D eigenvalue weighted by Gasteiger charge is 2.13. The molecule has 2 amide bonds. The predicted molar refractivity (Wildman–Crippen MR) is 112 cm³/mol. The number of nitrogens with one attached hydrogen (secondary N) is 2. The van der Waals surface area contributed by atoms with E-state index in [-0.39, 0.29) is 24.4 Å². The Morgan fingerprint density at radius 1 is 0.821 bits per heavy atom. The summed E-state index contributed by atoms with van der Waals surface area (Å²) in [5.74, 6) is -0.483. The molecule has 4 nitrogen and oxygen atoms in total. The van der Waals surface area contributed by atoms with E-state index in [4.69, 9.17) is 0 Å². The second-order valence-corrected chi connectivity index (χ2v) is 6.77. The van der Waals surface area contributed by atoms with Crippen molar-refractivity contribution in [2.75, 3.05) is 6.54 Å². The summed E-state index contributed by atoms with van der Waals surface area (Å²) in [6.07, 6.45) is 0. The van der Waals surface area contributed by atoms with E-state index in [1.165, 1.54) is 0 Å². The van der Waals surface area contributed by atoms with E-state index in [1.807, 2.05) is 80.6 Å². The number of aryl methyl sites for hydroxylation is 1. The normalized spacial score (nSPS) is 11.5. The number of amides is 2. The van der Waals surface area contributed by atoms with E-state index in [2.05, 4.69) is 10.6 Å². The Morgan fingerprint density at radius 3 is 2.11 bits per heavy atom. The number of benzene rings is 3. The standard InChI is InChI=1S/C24H24N2O2/c1-17-8-6-7-11-22(17)18(2)26-23(27)16-25-24(28)21-14-12-20(13-15-21)19-9-4-3-5-10-19/h3-15,18H,16H2,1-2H3,(H,25,28)(H,26,27). The fraction of sp³-hybridized carbons (Fsp3) is 0.167. The minimum Gasteiger partial charge on any atom is -0.348 e. The van der Waals surface area contributed by atoms with Gasteiger partial charge in [0.1, 0.15) is 0 Å². The quantitative estimate of drug-likeness (QED) is 0.679. The van der Waals surface area contributed by atoms with Crippen LogP contribution in [0.3, 0.4) is 0 Å². The van der Waals surface area contributed by atoms with Gasteiger partial charge in [-0.15, -0.1) is 0 Å². The van der Waals surface area contributed by atoms with Crippen LogP contribution < -0.4 is 10.6 Å². The molecule has 0 bridgehead atoms. The van der Waals surface area contributed by atoms with Crippen LogP contribution in [0.15, 0.2) is 78.9 Å². The van der Waals surface area contributed by atoms with Gasteiger partial charge in [-0.25, -0.2) is 0 Å². The van der Waals surface area contributed by atoms with E-state index in [0.717, 1.165) is 22.3 Å². The third-order valence-electron chi connectivity index (χ3n) is 4.70. The summed E-state index contributed by atoms with van der Waals surface area (Å²) in [4.78, 5) is 24.5. The molecule has 3 aromatic rings. The highest BCUT2D eigenvalue weighted by molar-refractivity contribution is 5.96. The van der Waals surface area contributed by atoms with Crippen LogP contribution in [0.4, 0.5) is 0 Å². The Hall–Kier alpha value is -3.40. The van der Waals surface area contributed by atoms with Crippen LogP contribution in [-0.4, -0.2) is 18.4 Å². The zero-order chi connectivity index (χ0) is 19.9. The SMILES string of the molecule is Cc1ccccc1C(C)NC(=O)CNC(=O)c1ccc(-c2ccccc2)cc1. The molecule has 4 heteroatoms. The molecular weight excluding hydrogens is 348 g/mol. The van der Waals surface area contributed by atoms with E-state index >= 15 is 0 Å². The van der Waals surface area contributed by atoms with Gasteiger partial charge in [-0.2, -0.15) is 0 Å². The molecule has 3 aromatic carbocycles. The first kappa shape index (κ1) is 19.4. The van der Waals surface area contributed by atoms with Crippen LogP contribution in [-0.2, 0) is 4.79 Å². The van der Waals surface area contributed by atoms with Crippen molar-refractivity contribution in [2.24, 2.45) is 0 Å². The van der Waals surface area contributed by atoms with Gasteiger partial charge in [0, 0.05) is 5.56 Å². The molecule has 0 spiro atoms.